The van der Waals surface area contributed by atoms with E-state index in [1.807, 2.05) is 6.20 Å². The summed E-state index contributed by atoms with van der Waals surface area (Å²) in [5.41, 5.74) is 14.8. The van der Waals surface area contributed by atoms with Crippen molar-refractivity contribution < 1.29 is 0 Å². The fourth-order valence-corrected chi connectivity index (χ4v) is 6.13. The number of likely N-dealkylation sites (tertiary alicyclic amines) is 1. The van der Waals surface area contributed by atoms with Crippen molar-refractivity contribution >= 4 is 22.9 Å². The maximum absolute atomic E-state index is 6.17. The Kier molecular flexibility index (Phi) is 5.29. The highest BCUT2D eigenvalue weighted by molar-refractivity contribution is 5.94. The van der Waals surface area contributed by atoms with E-state index in [1.54, 1.807) is 0 Å². The van der Waals surface area contributed by atoms with Gasteiger partial charge in [-0.05, 0) is 91.3 Å². The number of aryl methyl sites for hydroxylation is 1. The van der Waals surface area contributed by atoms with Crippen LogP contribution in [0.5, 0.6) is 0 Å². The lowest BCUT2D eigenvalue weighted by molar-refractivity contribution is 0.425. The van der Waals surface area contributed by atoms with Crippen molar-refractivity contribution in [1.82, 2.24) is 9.88 Å². The highest BCUT2D eigenvalue weighted by Gasteiger charge is 2.53. The zero-order valence-electron chi connectivity index (χ0n) is 20.8. The lowest BCUT2D eigenvalue weighted by atomic mass is 9.98. The molecule has 0 radical (unpaired) electrons. The van der Waals surface area contributed by atoms with Gasteiger partial charge in [-0.15, -0.1) is 0 Å². The van der Waals surface area contributed by atoms with E-state index in [0.29, 0.717) is 17.9 Å². The molecular formula is C29H37N5. The molecule has 4 aliphatic rings. The zero-order chi connectivity index (χ0) is 23.6. The van der Waals surface area contributed by atoms with Crippen LogP contribution in [0.1, 0.15) is 48.9 Å². The van der Waals surface area contributed by atoms with Crippen molar-refractivity contribution in [3.8, 4) is 0 Å². The Morgan fingerprint density at radius 3 is 2.71 bits per heavy atom. The van der Waals surface area contributed by atoms with E-state index < -0.39 is 0 Å². The summed E-state index contributed by atoms with van der Waals surface area (Å²) in [6.07, 6.45) is 6.60. The molecule has 2 aliphatic heterocycles. The third-order valence-electron chi connectivity index (χ3n) is 8.70. The molecule has 3 fully saturated rings. The van der Waals surface area contributed by atoms with Crippen molar-refractivity contribution in [1.29, 1.82) is 0 Å². The number of benzene rings is 1. The molecular weight excluding hydrogens is 418 g/mol. The first-order valence-corrected chi connectivity index (χ1v) is 13.0. The molecule has 1 aromatic carbocycles. The minimum Gasteiger partial charge on any atom is -0.371 e. The Morgan fingerprint density at radius 2 is 2.00 bits per heavy atom. The first kappa shape index (κ1) is 21.8. The number of nitrogens with zero attached hydrogens (tertiary/aromatic N) is 4. The summed E-state index contributed by atoms with van der Waals surface area (Å²) in [6, 6.07) is 9.56. The first-order chi connectivity index (χ1) is 16.4. The van der Waals surface area contributed by atoms with Gasteiger partial charge >= 0.3 is 0 Å². The zero-order valence-corrected chi connectivity index (χ0v) is 20.8. The highest BCUT2D eigenvalue weighted by Crippen LogP contribution is 2.46. The molecule has 1 saturated heterocycles. The Bertz CT molecular complexity index is 1150. The second kappa shape index (κ2) is 8.23. The van der Waals surface area contributed by atoms with Crippen LogP contribution in [0.4, 0.5) is 11.5 Å². The van der Waals surface area contributed by atoms with Gasteiger partial charge in [-0.25, -0.2) is 4.98 Å². The standard InChI is InChI=1S/C29H37N5/c1-5-21-11-23(19(4)33-15-24-25(16-33)28(24)30)12-26(17(21)2)32-18(3)27-13-22-7-6-10-31-29(22)34(27)14-20-8-9-20/h6-7,10-12,20,24-25,27-28H,4-5,8-9,13-16,30H2,1-3H3/b32-18+. The number of piperidine rings is 1. The molecule has 5 nitrogen and oxygen atoms in total. The Hall–Kier alpha value is -2.66. The summed E-state index contributed by atoms with van der Waals surface area (Å²) >= 11 is 0. The van der Waals surface area contributed by atoms with E-state index >= 15 is 0 Å². The minimum atomic E-state index is 0.286. The van der Waals surface area contributed by atoms with E-state index in [4.69, 9.17) is 15.7 Å². The molecule has 2 aliphatic carbocycles. The van der Waals surface area contributed by atoms with E-state index in [-0.39, 0.29) is 6.04 Å². The van der Waals surface area contributed by atoms with E-state index in [2.05, 4.69) is 61.4 Å². The number of pyridine rings is 1. The molecule has 6 rings (SSSR count). The van der Waals surface area contributed by atoms with Crippen molar-refractivity contribution in [3.05, 3.63) is 59.3 Å². The molecule has 3 heterocycles. The van der Waals surface area contributed by atoms with Gasteiger partial charge in [0.25, 0.3) is 0 Å². The number of nitrogens with two attached hydrogens (primary N) is 1. The second-order valence-electron chi connectivity index (χ2n) is 10.9. The number of rotatable bonds is 7. The van der Waals surface area contributed by atoms with Gasteiger partial charge in [0.05, 0.1) is 11.7 Å². The van der Waals surface area contributed by atoms with Crippen molar-refractivity contribution in [2.45, 2.75) is 58.5 Å². The van der Waals surface area contributed by atoms with E-state index in [9.17, 15) is 0 Å². The van der Waals surface area contributed by atoms with Crippen LogP contribution in [-0.2, 0) is 12.8 Å². The predicted molar refractivity (Wildman–Crippen MR) is 141 cm³/mol. The maximum Gasteiger partial charge on any atom is 0.132 e. The van der Waals surface area contributed by atoms with E-state index in [0.717, 1.165) is 55.6 Å². The molecule has 2 aromatic rings. The van der Waals surface area contributed by atoms with Gasteiger partial charge in [0.1, 0.15) is 5.82 Å². The van der Waals surface area contributed by atoms with Gasteiger partial charge in [0.2, 0.25) is 0 Å². The Morgan fingerprint density at radius 1 is 1.24 bits per heavy atom. The van der Waals surface area contributed by atoms with Crippen LogP contribution in [0.2, 0.25) is 0 Å². The number of hydrogen-bond acceptors (Lipinski definition) is 5. The van der Waals surface area contributed by atoms with Gasteiger partial charge in [0.15, 0.2) is 0 Å². The molecule has 5 heteroatoms. The molecule has 0 spiro atoms. The number of aliphatic imine (C=N–C) groups is 1. The van der Waals surface area contributed by atoms with Gasteiger partial charge in [0, 0.05) is 49.7 Å². The third kappa shape index (κ3) is 3.74. The van der Waals surface area contributed by atoms with Crippen LogP contribution in [0.15, 0.2) is 42.0 Å². The van der Waals surface area contributed by atoms with Gasteiger partial charge < -0.3 is 15.5 Å². The largest absolute Gasteiger partial charge is 0.371 e. The predicted octanol–water partition coefficient (Wildman–Crippen LogP) is 4.75. The van der Waals surface area contributed by atoms with Gasteiger partial charge in [-0.2, -0.15) is 0 Å². The number of fused-ring (bicyclic) bond motifs is 2. The number of hydrogen-bond donors (Lipinski definition) is 1. The molecule has 1 aromatic heterocycles. The number of anilines is 1. The summed E-state index contributed by atoms with van der Waals surface area (Å²) in [5, 5.41) is 0. The molecule has 0 bridgehead atoms. The lowest BCUT2D eigenvalue weighted by Crippen LogP contribution is -2.39. The average Bonchev–Trinajstić information content (AvgIpc) is 3.66. The monoisotopic (exact) mass is 455 g/mol. The van der Waals surface area contributed by atoms with Crippen LogP contribution < -0.4 is 10.6 Å². The fourth-order valence-electron chi connectivity index (χ4n) is 6.13. The Balaban J connectivity index is 1.30. The quantitative estimate of drug-likeness (QED) is 0.613. The SMILES string of the molecule is C=C(c1cc(CC)c(C)c(/N=C(\C)C2Cc3cccnc3N2CC2CC2)c1)N1CC2C(N)C2C1. The molecule has 3 atom stereocenters. The molecule has 34 heavy (non-hydrogen) atoms. The van der Waals surface area contributed by atoms with Crippen molar-refractivity contribution in [3.63, 3.8) is 0 Å². The average molecular weight is 456 g/mol. The van der Waals surface area contributed by atoms with Crippen LogP contribution in [0.3, 0.4) is 0 Å². The van der Waals surface area contributed by atoms with Crippen LogP contribution in [0.25, 0.3) is 5.70 Å². The highest BCUT2D eigenvalue weighted by atomic mass is 15.2. The smallest absolute Gasteiger partial charge is 0.132 e. The summed E-state index contributed by atoms with van der Waals surface area (Å²) in [6.45, 7) is 14.3. The topological polar surface area (TPSA) is 57.8 Å². The summed E-state index contributed by atoms with van der Waals surface area (Å²) in [7, 11) is 0. The van der Waals surface area contributed by atoms with Crippen LogP contribution in [0, 0.1) is 24.7 Å². The van der Waals surface area contributed by atoms with Crippen LogP contribution >= 0.6 is 0 Å². The van der Waals surface area contributed by atoms with Gasteiger partial charge in [-0.3, -0.25) is 4.99 Å². The molecule has 2 N–H and O–H groups in total. The van der Waals surface area contributed by atoms with Crippen molar-refractivity contribution in [2.75, 3.05) is 24.5 Å². The molecule has 3 unspecified atom stereocenters. The maximum atomic E-state index is 6.17. The third-order valence-corrected chi connectivity index (χ3v) is 8.70. The summed E-state index contributed by atoms with van der Waals surface area (Å²) in [5.74, 6) is 3.28. The van der Waals surface area contributed by atoms with E-state index in [1.165, 1.54) is 40.8 Å². The molecule has 178 valence electrons. The number of aromatic nitrogens is 1. The Labute approximate surface area is 203 Å². The minimum absolute atomic E-state index is 0.286. The summed E-state index contributed by atoms with van der Waals surface area (Å²) in [4.78, 5) is 15.0. The fraction of sp³-hybridized carbons (Fsp3) is 0.517. The first-order valence-electron chi connectivity index (χ1n) is 13.0. The van der Waals surface area contributed by atoms with Gasteiger partial charge in [-0.1, -0.05) is 19.6 Å². The lowest BCUT2D eigenvalue weighted by Gasteiger charge is -2.27. The normalized spacial score (nSPS) is 27.7. The second-order valence-corrected chi connectivity index (χ2v) is 10.9. The van der Waals surface area contributed by atoms with Crippen molar-refractivity contribution in [2.24, 2.45) is 28.5 Å². The molecule has 2 saturated carbocycles. The summed E-state index contributed by atoms with van der Waals surface area (Å²) < 4.78 is 0. The molecule has 0 amide bonds. The van der Waals surface area contributed by atoms with Crippen LogP contribution in [-0.4, -0.2) is 47.3 Å².